The normalized spacial score (nSPS) is 23.1. The van der Waals surface area contributed by atoms with Gasteiger partial charge in [0.1, 0.15) is 5.75 Å². The summed E-state index contributed by atoms with van der Waals surface area (Å²) in [5.74, 6) is 0.342. The molecular formula is C24H31N3O5. The van der Waals surface area contributed by atoms with Crippen LogP contribution < -0.4 is 10.1 Å². The van der Waals surface area contributed by atoms with Gasteiger partial charge in [-0.25, -0.2) is 0 Å². The van der Waals surface area contributed by atoms with Crippen LogP contribution in [-0.4, -0.2) is 54.6 Å². The van der Waals surface area contributed by atoms with Crippen LogP contribution in [0.15, 0.2) is 42.5 Å². The van der Waals surface area contributed by atoms with Gasteiger partial charge < -0.3 is 20.1 Å². The maximum Gasteiger partial charge on any atom is 0.272 e. The standard InChI is InChI=1S/C24H31N3O5/c1-16-12-17(8-9-22(16)27(30)31)23(28)25-20-10-11-24(29,19(13-20)15-26(2)3)18-6-5-7-21(14-18)32-4/h5-9,12,14,19-20,29H,10-11,13,15H2,1-4H3,(H,25,28). The number of nitro groups is 1. The van der Waals surface area contributed by atoms with Crippen molar-refractivity contribution in [3.05, 3.63) is 69.3 Å². The molecule has 3 rings (SSSR count). The highest BCUT2D eigenvalue weighted by molar-refractivity contribution is 5.94. The van der Waals surface area contributed by atoms with Crippen LogP contribution in [-0.2, 0) is 5.60 Å². The molecular weight excluding hydrogens is 410 g/mol. The zero-order chi connectivity index (χ0) is 23.5. The molecule has 1 amide bonds. The van der Waals surface area contributed by atoms with Crippen molar-refractivity contribution in [3.63, 3.8) is 0 Å². The largest absolute Gasteiger partial charge is 0.497 e. The quantitative estimate of drug-likeness (QED) is 0.505. The molecule has 3 atom stereocenters. The fraction of sp³-hybridized carbons (Fsp3) is 0.458. The summed E-state index contributed by atoms with van der Waals surface area (Å²) >= 11 is 0. The van der Waals surface area contributed by atoms with Crippen molar-refractivity contribution in [1.82, 2.24) is 10.2 Å². The predicted molar refractivity (Wildman–Crippen MR) is 122 cm³/mol. The monoisotopic (exact) mass is 441 g/mol. The maximum atomic E-state index is 12.8. The maximum absolute atomic E-state index is 12.8. The molecule has 1 aliphatic carbocycles. The van der Waals surface area contributed by atoms with E-state index < -0.39 is 10.5 Å². The van der Waals surface area contributed by atoms with Gasteiger partial charge in [0.25, 0.3) is 11.6 Å². The van der Waals surface area contributed by atoms with Gasteiger partial charge in [-0.05, 0) is 70.1 Å². The number of rotatable bonds is 7. The van der Waals surface area contributed by atoms with E-state index in [9.17, 15) is 20.0 Å². The molecule has 1 fully saturated rings. The van der Waals surface area contributed by atoms with Crippen molar-refractivity contribution < 1.29 is 19.6 Å². The number of methoxy groups -OCH3 is 1. The number of carbonyl (C=O) groups is 1. The van der Waals surface area contributed by atoms with Crippen LogP contribution in [0.1, 0.15) is 40.7 Å². The molecule has 0 spiro atoms. The van der Waals surface area contributed by atoms with Crippen molar-refractivity contribution in [3.8, 4) is 5.75 Å². The lowest BCUT2D eigenvalue weighted by Gasteiger charge is -2.44. The minimum absolute atomic E-state index is 0.00591. The number of ether oxygens (including phenoxy) is 1. The number of benzene rings is 2. The third-order valence-electron chi connectivity index (χ3n) is 6.26. The van der Waals surface area contributed by atoms with Crippen LogP contribution >= 0.6 is 0 Å². The Hall–Kier alpha value is -2.97. The Kier molecular flexibility index (Phi) is 7.16. The minimum Gasteiger partial charge on any atom is -0.497 e. The molecule has 0 radical (unpaired) electrons. The molecule has 1 aliphatic rings. The smallest absolute Gasteiger partial charge is 0.272 e. The van der Waals surface area contributed by atoms with Crippen molar-refractivity contribution in [2.45, 2.75) is 37.8 Å². The van der Waals surface area contributed by atoms with E-state index in [1.54, 1.807) is 20.1 Å². The van der Waals surface area contributed by atoms with Crippen LogP contribution in [0, 0.1) is 23.0 Å². The van der Waals surface area contributed by atoms with E-state index in [4.69, 9.17) is 4.74 Å². The number of aliphatic hydroxyl groups is 1. The number of nitrogens with one attached hydrogen (secondary N) is 1. The fourth-order valence-electron chi connectivity index (χ4n) is 4.59. The highest BCUT2D eigenvalue weighted by Crippen LogP contribution is 2.43. The highest BCUT2D eigenvalue weighted by atomic mass is 16.6. The van der Waals surface area contributed by atoms with E-state index in [1.165, 1.54) is 12.1 Å². The Balaban J connectivity index is 1.78. The SMILES string of the molecule is COc1cccc(C2(O)CCC(NC(=O)c3ccc([N+](=O)[O-])c(C)c3)CC2CN(C)C)c1. The topological polar surface area (TPSA) is 105 Å². The lowest BCUT2D eigenvalue weighted by atomic mass is 9.69. The summed E-state index contributed by atoms with van der Waals surface area (Å²) in [7, 11) is 5.54. The number of nitrogens with zero attached hydrogens (tertiary/aromatic N) is 2. The predicted octanol–water partition coefficient (Wildman–Crippen LogP) is 3.26. The third kappa shape index (κ3) is 5.08. The summed E-state index contributed by atoms with van der Waals surface area (Å²) in [4.78, 5) is 25.4. The van der Waals surface area contributed by atoms with E-state index in [2.05, 4.69) is 5.32 Å². The first-order valence-electron chi connectivity index (χ1n) is 10.7. The summed E-state index contributed by atoms with van der Waals surface area (Å²) in [5, 5.41) is 25.8. The first-order chi connectivity index (χ1) is 15.1. The second-order valence-corrected chi connectivity index (χ2v) is 8.82. The molecule has 0 bridgehead atoms. The van der Waals surface area contributed by atoms with Crippen molar-refractivity contribution in [2.24, 2.45) is 5.92 Å². The summed E-state index contributed by atoms with van der Waals surface area (Å²) in [6.07, 6.45) is 1.74. The Bertz CT molecular complexity index is 993. The summed E-state index contributed by atoms with van der Waals surface area (Å²) < 4.78 is 5.34. The zero-order valence-corrected chi connectivity index (χ0v) is 19.0. The van der Waals surface area contributed by atoms with Crippen LogP contribution in [0.3, 0.4) is 0 Å². The Morgan fingerprint density at radius 3 is 2.69 bits per heavy atom. The van der Waals surface area contributed by atoms with Gasteiger partial charge in [0, 0.05) is 35.7 Å². The van der Waals surface area contributed by atoms with Crippen LogP contribution in [0.4, 0.5) is 5.69 Å². The number of aryl methyl sites for hydroxylation is 1. The van der Waals surface area contributed by atoms with E-state index >= 15 is 0 Å². The molecule has 1 saturated carbocycles. The average Bonchev–Trinajstić information content (AvgIpc) is 2.75. The second-order valence-electron chi connectivity index (χ2n) is 8.82. The van der Waals surface area contributed by atoms with Gasteiger partial charge in [0.2, 0.25) is 0 Å². The van der Waals surface area contributed by atoms with Crippen LogP contribution in [0.25, 0.3) is 0 Å². The molecule has 0 aromatic heterocycles. The molecule has 0 aliphatic heterocycles. The molecule has 8 heteroatoms. The van der Waals surface area contributed by atoms with Crippen LogP contribution in [0.5, 0.6) is 5.75 Å². The van der Waals surface area contributed by atoms with Gasteiger partial charge in [0.15, 0.2) is 0 Å². The van der Waals surface area contributed by atoms with Crippen molar-refractivity contribution in [1.29, 1.82) is 0 Å². The zero-order valence-electron chi connectivity index (χ0n) is 19.0. The van der Waals surface area contributed by atoms with E-state index in [0.717, 1.165) is 5.56 Å². The summed E-state index contributed by atoms with van der Waals surface area (Å²) in [6.45, 7) is 2.29. The Morgan fingerprint density at radius 2 is 2.06 bits per heavy atom. The van der Waals surface area contributed by atoms with Gasteiger partial charge in [0.05, 0.1) is 17.6 Å². The Labute approximate surface area is 188 Å². The highest BCUT2D eigenvalue weighted by Gasteiger charge is 2.44. The molecule has 172 valence electrons. The molecule has 2 N–H and O–H groups in total. The first kappa shape index (κ1) is 23.7. The lowest BCUT2D eigenvalue weighted by Crippen LogP contribution is -2.50. The number of carbonyl (C=O) groups excluding carboxylic acids is 1. The van der Waals surface area contributed by atoms with Gasteiger partial charge in [-0.2, -0.15) is 0 Å². The third-order valence-corrected chi connectivity index (χ3v) is 6.26. The number of nitro benzene ring substituents is 1. The summed E-state index contributed by atoms with van der Waals surface area (Å²) in [5.41, 5.74) is 0.632. The first-order valence-corrected chi connectivity index (χ1v) is 10.7. The second kappa shape index (κ2) is 9.67. The molecule has 32 heavy (non-hydrogen) atoms. The van der Waals surface area contributed by atoms with E-state index in [1.807, 2.05) is 43.3 Å². The molecule has 2 aromatic carbocycles. The lowest BCUT2D eigenvalue weighted by molar-refractivity contribution is -0.385. The average molecular weight is 442 g/mol. The number of hydrogen-bond acceptors (Lipinski definition) is 6. The number of amides is 1. The van der Waals surface area contributed by atoms with E-state index in [0.29, 0.717) is 42.7 Å². The molecule has 8 nitrogen and oxygen atoms in total. The van der Waals surface area contributed by atoms with Gasteiger partial charge in [-0.1, -0.05) is 12.1 Å². The molecule has 0 heterocycles. The van der Waals surface area contributed by atoms with Crippen molar-refractivity contribution in [2.75, 3.05) is 27.7 Å². The number of hydrogen-bond donors (Lipinski definition) is 2. The van der Waals surface area contributed by atoms with Crippen LogP contribution in [0.2, 0.25) is 0 Å². The molecule has 3 unspecified atom stereocenters. The van der Waals surface area contributed by atoms with Crippen molar-refractivity contribution >= 4 is 11.6 Å². The van der Waals surface area contributed by atoms with Gasteiger partial charge >= 0.3 is 0 Å². The molecule has 2 aromatic rings. The van der Waals surface area contributed by atoms with E-state index in [-0.39, 0.29) is 23.6 Å². The van der Waals surface area contributed by atoms with Gasteiger partial charge in [-0.3, -0.25) is 14.9 Å². The minimum atomic E-state index is -1.02. The molecule has 0 saturated heterocycles. The fourth-order valence-corrected chi connectivity index (χ4v) is 4.59. The Morgan fingerprint density at radius 1 is 1.31 bits per heavy atom. The van der Waals surface area contributed by atoms with Gasteiger partial charge in [-0.15, -0.1) is 0 Å². The summed E-state index contributed by atoms with van der Waals surface area (Å²) in [6, 6.07) is 11.8.